The van der Waals surface area contributed by atoms with Crippen molar-refractivity contribution in [3.63, 3.8) is 0 Å². The molecule has 0 aliphatic carbocycles. The number of rotatable bonds is 4. The second-order valence-electron chi connectivity index (χ2n) is 2.48. The number of likely N-dealkylation sites (N-methyl/N-ethyl adjacent to an activating group) is 1. The molecular weight excluding hydrogens is 172 g/mol. The van der Waals surface area contributed by atoms with E-state index in [9.17, 15) is 4.79 Å². The van der Waals surface area contributed by atoms with E-state index in [4.69, 9.17) is 4.52 Å². The SMILES string of the molecule is CCNCC(=O)Nc1nc(C)no1. The maximum atomic E-state index is 11.1. The van der Waals surface area contributed by atoms with Crippen LogP contribution in [-0.2, 0) is 4.79 Å². The number of hydrogen-bond donors (Lipinski definition) is 2. The first-order valence-corrected chi connectivity index (χ1v) is 4.03. The summed E-state index contributed by atoms with van der Waals surface area (Å²) in [6, 6.07) is 0.139. The molecular formula is C7H12N4O2. The van der Waals surface area contributed by atoms with Crippen molar-refractivity contribution in [3.8, 4) is 0 Å². The normalized spacial score (nSPS) is 10.0. The van der Waals surface area contributed by atoms with Gasteiger partial charge in [0, 0.05) is 0 Å². The number of aromatic nitrogens is 2. The van der Waals surface area contributed by atoms with Gasteiger partial charge in [0.25, 0.3) is 0 Å². The van der Waals surface area contributed by atoms with E-state index in [1.807, 2.05) is 6.92 Å². The fourth-order valence-corrected chi connectivity index (χ4v) is 0.750. The Hall–Kier alpha value is -1.43. The van der Waals surface area contributed by atoms with Gasteiger partial charge in [0.15, 0.2) is 5.82 Å². The summed E-state index contributed by atoms with van der Waals surface area (Å²) in [7, 11) is 0. The van der Waals surface area contributed by atoms with Gasteiger partial charge in [0.1, 0.15) is 0 Å². The number of carbonyl (C=O) groups is 1. The number of nitrogens with one attached hydrogen (secondary N) is 2. The summed E-state index contributed by atoms with van der Waals surface area (Å²) in [5.74, 6) is 0.309. The summed E-state index contributed by atoms with van der Waals surface area (Å²) < 4.78 is 4.69. The van der Waals surface area contributed by atoms with Crippen molar-refractivity contribution in [1.82, 2.24) is 15.5 Å². The van der Waals surface area contributed by atoms with Crippen LogP contribution in [0.3, 0.4) is 0 Å². The lowest BCUT2D eigenvalue weighted by atomic mass is 10.5. The van der Waals surface area contributed by atoms with Gasteiger partial charge in [-0.15, -0.1) is 0 Å². The lowest BCUT2D eigenvalue weighted by Gasteiger charge is -1.99. The molecule has 0 saturated carbocycles. The quantitative estimate of drug-likeness (QED) is 0.684. The maximum Gasteiger partial charge on any atom is 0.328 e. The number of aryl methyl sites for hydroxylation is 1. The molecule has 1 aromatic rings. The van der Waals surface area contributed by atoms with Crippen molar-refractivity contribution in [2.24, 2.45) is 0 Å². The van der Waals surface area contributed by atoms with Gasteiger partial charge in [-0.2, -0.15) is 4.98 Å². The highest BCUT2D eigenvalue weighted by Crippen LogP contribution is 2.00. The fraction of sp³-hybridized carbons (Fsp3) is 0.571. The van der Waals surface area contributed by atoms with Crippen molar-refractivity contribution in [2.75, 3.05) is 18.4 Å². The van der Waals surface area contributed by atoms with E-state index in [-0.39, 0.29) is 18.5 Å². The van der Waals surface area contributed by atoms with Crippen LogP contribution in [0.1, 0.15) is 12.7 Å². The van der Waals surface area contributed by atoms with Gasteiger partial charge in [-0.1, -0.05) is 12.1 Å². The minimum atomic E-state index is -0.189. The molecule has 1 aromatic heterocycles. The van der Waals surface area contributed by atoms with Crippen LogP contribution in [0.4, 0.5) is 6.01 Å². The fourth-order valence-electron chi connectivity index (χ4n) is 0.750. The van der Waals surface area contributed by atoms with Crippen LogP contribution in [0.15, 0.2) is 4.52 Å². The van der Waals surface area contributed by atoms with Gasteiger partial charge in [-0.25, -0.2) is 0 Å². The zero-order valence-corrected chi connectivity index (χ0v) is 7.63. The lowest BCUT2D eigenvalue weighted by molar-refractivity contribution is -0.115. The third kappa shape index (κ3) is 3.20. The van der Waals surface area contributed by atoms with Crippen LogP contribution in [0.2, 0.25) is 0 Å². The Morgan fingerprint density at radius 1 is 1.62 bits per heavy atom. The molecule has 13 heavy (non-hydrogen) atoms. The largest absolute Gasteiger partial charge is 0.328 e. The maximum absolute atomic E-state index is 11.1. The average Bonchev–Trinajstić information content (AvgIpc) is 2.48. The molecule has 1 amide bonds. The highest BCUT2D eigenvalue weighted by atomic mass is 16.5. The Balaban J connectivity index is 2.36. The summed E-state index contributed by atoms with van der Waals surface area (Å²) in [5.41, 5.74) is 0. The van der Waals surface area contributed by atoms with Crippen LogP contribution >= 0.6 is 0 Å². The lowest BCUT2D eigenvalue weighted by Crippen LogP contribution is -2.27. The number of anilines is 1. The topological polar surface area (TPSA) is 80.0 Å². The third-order valence-electron chi connectivity index (χ3n) is 1.31. The summed E-state index contributed by atoms with van der Waals surface area (Å²) in [4.78, 5) is 14.9. The zero-order valence-electron chi connectivity index (χ0n) is 7.63. The van der Waals surface area contributed by atoms with Gasteiger partial charge < -0.3 is 9.84 Å². The van der Waals surface area contributed by atoms with Crippen LogP contribution in [0.5, 0.6) is 0 Å². The molecule has 0 fully saturated rings. The summed E-state index contributed by atoms with van der Waals surface area (Å²) in [6.07, 6.45) is 0. The molecule has 0 bridgehead atoms. The molecule has 1 heterocycles. The highest BCUT2D eigenvalue weighted by molar-refractivity contribution is 5.90. The second-order valence-corrected chi connectivity index (χ2v) is 2.48. The molecule has 0 unspecified atom stereocenters. The summed E-state index contributed by atoms with van der Waals surface area (Å²) in [6.45, 7) is 4.60. The highest BCUT2D eigenvalue weighted by Gasteiger charge is 2.06. The van der Waals surface area contributed by atoms with Gasteiger partial charge in [-0.05, 0) is 13.5 Å². The predicted octanol–water partition coefficient (Wildman–Crippen LogP) is -0.0740. The van der Waals surface area contributed by atoms with Crippen LogP contribution in [-0.4, -0.2) is 29.1 Å². The Labute approximate surface area is 75.7 Å². The van der Waals surface area contributed by atoms with Crippen LogP contribution in [0.25, 0.3) is 0 Å². The van der Waals surface area contributed by atoms with Crippen molar-refractivity contribution in [3.05, 3.63) is 5.82 Å². The van der Waals surface area contributed by atoms with Crippen LogP contribution < -0.4 is 10.6 Å². The minimum absolute atomic E-state index is 0.139. The average molecular weight is 184 g/mol. The standard InChI is InChI=1S/C7H12N4O2/c1-3-8-4-6(12)10-7-9-5(2)11-13-7/h8H,3-4H2,1-2H3,(H,9,10,11,12). The molecule has 0 spiro atoms. The first-order valence-electron chi connectivity index (χ1n) is 4.03. The number of carbonyl (C=O) groups excluding carboxylic acids is 1. The first kappa shape index (κ1) is 9.66. The number of amides is 1. The molecule has 0 saturated heterocycles. The number of hydrogen-bond acceptors (Lipinski definition) is 5. The molecule has 6 heteroatoms. The molecule has 0 radical (unpaired) electrons. The molecule has 6 nitrogen and oxygen atoms in total. The molecule has 0 atom stereocenters. The molecule has 0 aliphatic heterocycles. The van der Waals surface area contributed by atoms with E-state index in [0.717, 1.165) is 6.54 Å². The predicted molar refractivity (Wildman–Crippen MR) is 46.2 cm³/mol. The van der Waals surface area contributed by atoms with E-state index < -0.39 is 0 Å². The third-order valence-corrected chi connectivity index (χ3v) is 1.31. The Kier molecular flexibility index (Phi) is 3.39. The van der Waals surface area contributed by atoms with E-state index in [2.05, 4.69) is 20.8 Å². The summed E-state index contributed by atoms with van der Waals surface area (Å²) >= 11 is 0. The molecule has 2 N–H and O–H groups in total. The second kappa shape index (κ2) is 4.56. The molecule has 0 aromatic carbocycles. The minimum Gasteiger partial charge on any atom is -0.315 e. The smallest absolute Gasteiger partial charge is 0.315 e. The Bertz CT molecular complexity index is 284. The van der Waals surface area contributed by atoms with Crippen molar-refractivity contribution in [2.45, 2.75) is 13.8 Å². The summed E-state index contributed by atoms with van der Waals surface area (Å²) in [5, 5.41) is 8.86. The monoisotopic (exact) mass is 184 g/mol. The van der Waals surface area contributed by atoms with Crippen molar-refractivity contribution < 1.29 is 9.32 Å². The van der Waals surface area contributed by atoms with Gasteiger partial charge >= 0.3 is 6.01 Å². The van der Waals surface area contributed by atoms with Gasteiger partial charge in [0.2, 0.25) is 5.91 Å². The number of nitrogens with zero attached hydrogens (tertiary/aromatic N) is 2. The van der Waals surface area contributed by atoms with Crippen molar-refractivity contribution >= 4 is 11.9 Å². The first-order chi connectivity index (χ1) is 6.22. The van der Waals surface area contributed by atoms with E-state index in [0.29, 0.717) is 5.82 Å². The zero-order chi connectivity index (χ0) is 9.68. The van der Waals surface area contributed by atoms with Gasteiger partial charge in [0.05, 0.1) is 6.54 Å². The Morgan fingerprint density at radius 3 is 2.92 bits per heavy atom. The Morgan fingerprint density at radius 2 is 2.38 bits per heavy atom. The molecule has 72 valence electrons. The van der Waals surface area contributed by atoms with E-state index in [1.165, 1.54) is 0 Å². The van der Waals surface area contributed by atoms with Crippen LogP contribution in [0, 0.1) is 6.92 Å². The molecule has 0 aliphatic rings. The molecule has 1 rings (SSSR count). The van der Waals surface area contributed by atoms with Gasteiger partial charge in [-0.3, -0.25) is 10.1 Å². The van der Waals surface area contributed by atoms with E-state index in [1.54, 1.807) is 6.92 Å². The van der Waals surface area contributed by atoms with E-state index >= 15 is 0 Å². The van der Waals surface area contributed by atoms with Crippen molar-refractivity contribution in [1.29, 1.82) is 0 Å².